The summed E-state index contributed by atoms with van der Waals surface area (Å²) in [6.45, 7) is 22.7. The summed E-state index contributed by atoms with van der Waals surface area (Å²) in [5, 5.41) is 0. The van der Waals surface area contributed by atoms with Crippen molar-refractivity contribution in [3.05, 3.63) is 108 Å². The van der Waals surface area contributed by atoms with Gasteiger partial charge in [-0.1, -0.05) is 226 Å². The number of unbranched alkanes of at least 4 members (excludes halogenated alkanes) is 21. The van der Waals surface area contributed by atoms with Crippen molar-refractivity contribution >= 4 is 0 Å². The van der Waals surface area contributed by atoms with Crippen LogP contribution in [0, 0.1) is 0 Å². The molecule has 0 aliphatic rings. The van der Waals surface area contributed by atoms with Gasteiger partial charge in [0, 0.05) is 96.8 Å². The second-order valence-electron chi connectivity index (χ2n) is 23.5. The number of ether oxygens (including phenoxy) is 9. The Morgan fingerprint density at radius 1 is 0.247 bits per heavy atom. The minimum atomic E-state index is -1.23. The van der Waals surface area contributed by atoms with Crippen molar-refractivity contribution in [1.82, 2.24) is 4.90 Å². The predicted octanol–water partition coefficient (Wildman–Crippen LogP) is 20.1. The number of hydrogen-bond acceptors (Lipinski definition) is 10. The highest BCUT2D eigenvalue weighted by Crippen LogP contribution is 2.39. The third-order valence-corrected chi connectivity index (χ3v) is 16.8. The number of aryl methyl sites for hydroxylation is 3. The fourth-order valence-corrected chi connectivity index (χ4v) is 13.0. The molecular weight excluding hydrogens is 1060 g/mol. The molecule has 10 nitrogen and oxygen atoms in total. The van der Waals surface area contributed by atoms with Crippen LogP contribution in [0.15, 0.2) is 91.0 Å². The zero-order valence-electron chi connectivity index (χ0n) is 56.2. The third-order valence-electron chi connectivity index (χ3n) is 16.8. The first-order valence-corrected chi connectivity index (χ1v) is 35.4. The van der Waals surface area contributed by atoms with Crippen molar-refractivity contribution in [3.63, 3.8) is 0 Å². The number of nitrogens with zero attached hydrogens (tertiary/aromatic N) is 1. The molecule has 0 saturated carbocycles. The van der Waals surface area contributed by atoms with Gasteiger partial charge in [-0.25, -0.2) is 0 Å². The highest BCUT2D eigenvalue weighted by atomic mass is 16.9. The largest absolute Gasteiger partial charge is 0.328 e. The van der Waals surface area contributed by atoms with Gasteiger partial charge in [0.15, 0.2) is 0 Å². The van der Waals surface area contributed by atoms with Crippen LogP contribution in [0.5, 0.6) is 0 Å². The van der Waals surface area contributed by atoms with Crippen molar-refractivity contribution in [1.29, 1.82) is 0 Å². The molecule has 0 saturated heterocycles. The molecule has 10 heteroatoms. The summed E-state index contributed by atoms with van der Waals surface area (Å²) in [6.07, 6.45) is 37.4. The van der Waals surface area contributed by atoms with Crippen molar-refractivity contribution in [3.8, 4) is 0 Å². The molecule has 3 unspecified atom stereocenters. The average molecular weight is 1190 g/mol. The third kappa shape index (κ3) is 33.6. The zero-order valence-corrected chi connectivity index (χ0v) is 56.2. The number of benzene rings is 3. The summed E-state index contributed by atoms with van der Waals surface area (Å²) in [5.41, 5.74) is 4.34. The maximum atomic E-state index is 6.75. The first kappa shape index (κ1) is 76.5. The molecule has 0 radical (unpaired) electrons. The fraction of sp³-hybridized carbons (Fsp3) is 0.760. The van der Waals surface area contributed by atoms with Crippen LogP contribution in [-0.4, -0.2) is 100 Å². The summed E-state index contributed by atoms with van der Waals surface area (Å²) < 4.78 is 60.8. The van der Waals surface area contributed by atoms with E-state index in [1.54, 1.807) is 0 Å². The molecule has 0 spiro atoms. The Labute approximate surface area is 522 Å². The Morgan fingerprint density at radius 2 is 0.424 bits per heavy atom. The first-order valence-electron chi connectivity index (χ1n) is 35.4. The van der Waals surface area contributed by atoms with E-state index in [1.165, 1.54) is 152 Å². The van der Waals surface area contributed by atoms with Crippen LogP contribution < -0.4 is 0 Å². The van der Waals surface area contributed by atoms with Crippen LogP contribution in [0.3, 0.4) is 0 Å². The van der Waals surface area contributed by atoms with Gasteiger partial charge < -0.3 is 42.6 Å². The van der Waals surface area contributed by atoms with E-state index in [1.807, 2.05) is 0 Å². The molecular formula is C75H129NO9. The lowest BCUT2D eigenvalue weighted by molar-refractivity contribution is -0.394. The van der Waals surface area contributed by atoms with Gasteiger partial charge in [0.05, 0.1) is 0 Å². The summed E-state index contributed by atoms with van der Waals surface area (Å²) in [6, 6.07) is 32.8. The molecule has 0 bridgehead atoms. The van der Waals surface area contributed by atoms with E-state index < -0.39 is 17.9 Å². The van der Waals surface area contributed by atoms with E-state index in [-0.39, 0.29) is 18.1 Å². The quantitative estimate of drug-likeness (QED) is 0.0402. The molecule has 0 heterocycles. The van der Waals surface area contributed by atoms with E-state index in [9.17, 15) is 0 Å². The lowest BCUT2D eigenvalue weighted by atomic mass is 9.90. The first-order chi connectivity index (χ1) is 41.7. The van der Waals surface area contributed by atoms with E-state index >= 15 is 0 Å². The van der Waals surface area contributed by atoms with Gasteiger partial charge in [0.1, 0.15) is 0 Å². The number of hydrogen-bond donors (Lipinski definition) is 0. The molecule has 85 heavy (non-hydrogen) atoms. The van der Waals surface area contributed by atoms with Gasteiger partial charge in [-0.05, 0) is 137 Å². The smallest absolute Gasteiger partial charge is 0.284 e. The molecule has 3 aromatic carbocycles. The molecule has 3 atom stereocenters. The van der Waals surface area contributed by atoms with Gasteiger partial charge in [0.25, 0.3) is 17.9 Å². The Kier molecular flexibility index (Phi) is 45.1. The van der Waals surface area contributed by atoms with Crippen molar-refractivity contribution in [2.45, 2.75) is 310 Å². The van der Waals surface area contributed by atoms with Gasteiger partial charge in [0.2, 0.25) is 0 Å². The topological polar surface area (TPSA) is 86.3 Å². The van der Waals surface area contributed by atoms with Crippen LogP contribution in [0.25, 0.3) is 0 Å². The van der Waals surface area contributed by atoms with Gasteiger partial charge >= 0.3 is 0 Å². The summed E-state index contributed by atoms with van der Waals surface area (Å²) in [7, 11) is 0. The molecule has 3 rings (SSSR count). The van der Waals surface area contributed by atoms with E-state index in [2.05, 4.69) is 158 Å². The highest BCUT2D eigenvalue weighted by molar-refractivity contribution is 5.16. The van der Waals surface area contributed by atoms with Crippen LogP contribution in [-0.2, 0) is 61.9 Å². The average Bonchev–Trinajstić information content (AvgIpc) is 2.79. The van der Waals surface area contributed by atoms with Crippen LogP contribution >= 0.6 is 0 Å². The van der Waals surface area contributed by atoms with Gasteiger partial charge in [-0.2, -0.15) is 0 Å². The Bertz CT molecular complexity index is 1640. The standard InChI is InChI=1S/C75H129NO9/c1-10-77-73(78-11-2,79-12-3)64-70(61-49-34-28-22-19-25-31-40-52-67-55-43-37-44-56-67)76(71(65-74(80-13-4,81-14-5)82-15-6)62-50-35-29-23-20-26-32-41-53-68-57-45-38-46-58-68)72(66-75(83-16-7,84-17-8)85-18-9)63-51-36-30-24-21-27-33-42-54-69-59-47-39-48-60-69/h37-39,43-48,55-60,70-72H,10-36,40-42,49-54,61-66H2,1-9H3. The molecule has 0 amide bonds. The van der Waals surface area contributed by atoms with Gasteiger partial charge in [-0.15, -0.1) is 0 Å². The van der Waals surface area contributed by atoms with Crippen molar-refractivity contribution in [2.75, 3.05) is 59.5 Å². The molecule has 488 valence electrons. The second-order valence-corrected chi connectivity index (χ2v) is 23.5. The Hall–Kier alpha value is -2.74. The lowest BCUT2D eigenvalue weighted by Crippen LogP contribution is -2.58. The maximum absolute atomic E-state index is 6.75. The number of rotatable bonds is 60. The van der Waals surface area contributed by atoms with Crippen molar-refractivity contribution < 1.29 is 42.6 Å². The Balaban J connectivity index is 2.08. The Morgan fingerprint density at radius 3 is 0.612 bits per heavy atom. The summed E-state index contributed by atoms with van der Waals surface area (Å²) in [5.74, 6) is -3.69. The molecule has 0 aromatic heterocycles. The summed E-state index contributed by atoms with van der Waals surface area (Å²) >= 11 is 0. The predicted molar refractivity (Wildman–Crippen MR) is 355 cm³/mol. The minimum absolute atomic E-state index is 0.0189. The maximum Gasteiger partial charge on any atom is 0.284 e. The van der Waals surface area contributed by atoms with Crippen LogP contribution in [0.1, 0.15) is 272 Å². The molecule has 3 aromatic rings. The van der Waals surface area contributed by atoms with Crippen molar-refractivity contribution in [2.24, 2.45) is 0 Å². The summed E-state index contributed by atoms with van der Waals surface area (Å²) in [4.78, 5) is 2.87. The van der Waals surface area contributed by atoms with E-state index in [4.69, 9.17) is 42.6 Å². The van der Waals surface area contributed by atoms with E-state index in [0.717, 1.165) is 57.8 Å². The molecule has 0 aliphatic carbocycles. The van der Waals surface area contributed by atoms with Crippen LogP contribution in [0.4, 0.5) is 0 Å². The van der Waals surface area contributed by atoms with Gasteiger partial charge in [-0.3, -0.25) is 4.90 Å². The monoisotopic (exact) mass is 1190 g/mol. The zero-order chi connectivity index (χ0) is 61.2. The minimum Gasteiger partial charge on any atom is -0.328 e. The molecule has 0 N–H and O–H groups in total. The highest BCUT2D eigenvalue weighted by Gasteiger charge is 2.47. The lowest BCUT2D eigenvalue weighted by Gasteiger charge is -2.50. The van der Waals surface area contributed by atoms with E-state index in [0.29, 0.717) is 78.7 Å². The molecule has 0 fully saturated rings. The SMILES string of the molecule is CCOC(CC(CCCCCCCCCCc1ccccc1)N(C(CCCCCCCCCCc1ccccc1)CC(OCC)(OCC)OCC)C(CCCCCCCCCCc1ccccc1)CC(OCC)(OCC)OCC)(OCC)OCC. The normalized spacial score (nSPS) is 13.5. The second kappa shape index (κ2) is 50.1. The fourth-order valence-electron chi connectivity index (χ4n) is 13.0. The van der Waals surface area contributed by atoms with Crippen LogP contribution in [0.2, 0.25) is 0 Å². The molecule has 0 aliphatic heterocycles.